The highest BCUT2D eigenvalue weighted by Gasteiger charge is 2.44. The van der Waals surface area contributed by atoms with E-state index in [4.69, 9.17) is 23.7 Å². The maximum Gasteiger partial charge on any atom is 0.161 e. The van der Waals surface area contributed by atoms with E-state index in [9.17, 15) is 5.26 Å². The number of ether oxygens (including phenoxy) is 5. The molecule has 35 heavy (non-hydrogen) atoms. The Labute approximate surface area is 210 Å². The van der Waals surface area contributed by atoms with Crippen LogP contribution in [0.3, 0.4) is 0 Å². The number of hydrogen-bond acceptors (Lipinski definition) is 7. The Bertz CT molecular complexity index is 988. The molecule has 0 fully saturated rings. The fourth-order valence-electron chi connectivity index (χ4n) is 4.59. The van der Waals surface area contributed by atoms with Crippen LogP contribution in [0.5, 0.6) is 23.0 Å². The van der Waals surface area contributed by atoms with Crippen molar-refractivity contribution in [3.63, 3.8) is 0 Å². The second-order valence-corrected chi connectivity index (χ2v) is 8.96. The second-order valence-electron chi connectivity index (χ2n) is 8.96. The van der Waals surface area contributed by atoms with Crippen molar-refractivity contribution in [1.82, 2.24) is 4.90 Å². The number of hydrogen-bond donors (Lipinski definition) is 0. The van der Waals surface area contributed by atoms with Gasteiger partial charge < -0.3 is 28.6 Å². The molecule has 2 rings (SSSR count). The Morgan fingerprint density at radius 1 is 0.829 bits per heavy atom. The van der Waals surface area contributed by atoms with Gasteiger partial charge in [-0.05, 0) is 61.2 Å². The number of nitriles is 1. The Morgan fingerprint density at radius 3 is 1.91 bits per heavy atom. The van der Waals surface area contributed by atoms with Gasteiger partial charge in [-0.25, -0.2) is 0 Å². The van der Waals surface area contributed by atoms with Crippen LogP contribution >= 0.6 is 0 Å². The van der Waals surface area contributed by atoms with Crippen molar-refractivity contribution in [1.29, 1.82) is 5.26 Å². The lowest BCUT2D eigenvalue weighted by Gasteiger charge is -2.39. The minimum atomic E-state index is -0.835. The monoisotopic (exact) mass is 484 g/mol. The van der Waals surface area contributed by atoms with Gasteiger partial charge in [0, 0.05) is 20.2 Å². The Hall–Kier alpha value is -2.95. The average Bonchev–Trinajstić information content (AvgIpc) is 2.88. The van der Waals surface area contributed by atoms with Crippen molar-refractivity contribution < 1.29 is 23.7 Å². The third kappa shape index (κ3) is 6.39. The van der Waals surface area contributed by atoms with E-state index >= 15 is 0 Å². The molecule has 0 aliphatic rings. The van der Waals surface area contributed by atoms with Gasteiger partial charge in [-0.2, -0.15) is 5.26 Å². The molecule has 2 atom stereocenters. The van der Waals surface area contributed by atoms with E-state index < -0.39 is 5.41 Å². The molecule has 7 heteroatoms. The van der Waals surface area contributed by atoms with Crippen LogP contribution in [-0.2, 0) is 16.6 Å². The summed E-state index contributed by atoms with van der Waals surface area (Å²) < 4.78 is 27.6. The summed E-state index contributed by atoms with van der Waals surface area (Å²) in [5.41, 5.74) is 1.21. The Kier molecular flexibility index (Phi) is 10.7. The third-order valence-corrected chi connectivity index (χ3v) is 6.75. The summed E-state index contributed by atoms with van der Waals surface area (Å²) in [5, 5.41) is 10.5. The zero-order valence-corrected chi connectivity index (χ0v) is 22.4. The first-order valence-electron chi connectivity index (χ1n) is 11.9. The summed E-state index contributed by atoms with van der Waals surface area (Å²) in [6.07, 6.45) is 1.28. The fourth-order valence-corrected chi connectivity index (χ4v) is 4.59. The predicted molar refractivity (Wildman–Crippen MR) is 138 cm³/mol. The highest BCUT2D eigenvalue weighted by molar-refractivity contribution is 5.48. The predicted octanol–water partition coefficient (Wildman–Crippen LogP) is 4.72. The van der Waals surface area contributed by atoms with Gasteiger partial charge in [-0.3, -0.25) is 0 Å². The molecule has 0 radical (unpaired) electrons. The summed E-state index contributed by atoms with van der Waals surface area (Å²) in [5.74, 6) is 2.72. The standard InChI is InChI=1S/C28H40N2O5/c1-20(2)28(19-29,22-10-12-24(32-5)26(18-22)34-7)27(35-8)14-16-30(3)15-13-21-9-11-23(31-4)25(17-21)33-6/h9-12,17-18,20,27H,13-16H2,1-8H3/t27-,28-/m1/s1. The van der Waals surface area contributed by atoms with Gasteiger partial charge in [-0.1, -0.05) is 26.0 Å². The minimum absolute atomic E-state index is 0.0209. The zero-order valence-electron chi connectivity index (χ0n) is 22.4. The van der Waals surface area contributed by atoms with Gasteiger partial charge in [0.1, 0.15) is 5.41 Å². The van der Waals surface area contributed by atoms with Crippen molar-refractivity contribution in [2.24, 2.45) is 5.92 Å². The van der Waals surface area contributed by atoms with E-state index in [1.165, 1.54) is 5.56 Å². The minimum Gasteiger partial charge on any atom is -0.493 e. The zero-order chi connectivity index (χ0) is 26.0. The first kappa shape index (κ1) is 28.3. The molecule has 0 unspecified atom stereocenters. The van der Waals surface area contributed by atoms with Crippen LogP contribution in [0.25, 0.3) is 0 Å². The smallest absolute Gasteiger partial charge is 0.161 e. The first-order chi connectivity index (χ1) is 16.8. The molecular weight excluding hydrogens is 444 g/mol. The lowest BCUT2D eigenvalue weighted by molar-refractivity contribution is 0.0226. The van der Waals surface area contributed by atoms with E-state index in [1.807, 2.05) is 30.3 Å². The lowest BCUT2D eigenvalue weighted by Crippen LogP contribution is -2.45. The summed E-state index contributed by atoms with van der Waals surface area (Å²) >= 11 is 0. The van der Waals surface area contributed by atoms with Crippen LogP contribution < -0.4 is 18.9 Å². The summed E-state index contributed by atoms with van der Waals surface area (Å²) in [6, 6.07) is 14.3. The average molecular weight is 485 g/mol. The number of rotatable bonds is 14. The first-order valence-corrected chi connectivity index (χ1v) is 11.9. The molecule has 2 aromatic rings. The SMILES string of the molecule is COc1ccc(CCN(C)CC[C@@H](OC)[C@@](C#N)(c2ccc(OC)c(OC)c2)C(C)C)cc1OC. The molecule has 7 nitrogen and oxygen atoms in total. The summed E-state index contributed by atoms with van der Waals surface area (Å²) in [7, 11) is 10.3. The summed E-state index contributed by atoms with van der Waals surface area (Å²) in [4.78, 5) is 2.26. The molecule has 2 aromatic carbocycles. The molecule has 0 saturated heterocycles. The molecule has 0 saturated carbocycles. The normalized spacial score (nSPS) is 13.7. The number of nitrogens with zero attached hydrogens (tertiary/aromatic N) is 2. The largest absolute Gasteiger partial charge is 0.493 e. The van der Waals surface area contributed by atoms with Crippen molar-refractivity contribution in [3.8, 4) is 29.1 Å². The van der Waals surface area contributed by atoms with Gasteiger partial charge in [0.15, 0.2) is 23.0 Å². The lowest BCUT2D eigenvalue weighted by atomic mass is 9.67. The Morgan fingerprint density at radius 2 is 1.40 bits per heavy atom. The molecule has 192 valence electrons. The second kappa shape index (κ2) is 13.2. The molecular formula is C28H40N2O5. The van der Waals surface area contributed by atoms with E-state index in [2.05, 4.69) is 37.9 Å². The van der Waals surface area contributed by atoms with E-state index in [0.29, 0.717) is 17.9 Å². The van der Waals surface area contributed by atoms with Crippen LogP contribution in [-0.4, -0.2) is 66.7 Å². The molecule has 0 aromatic heterocycles. The van der Waals surface area contributed by atoms with E-state index in [1.54, 1.807) is 35.5 Å². The molecule has 0 aliphatic heterocycles. The van der Waals surface area contributed by atoms with Crippen LogP contribution in [0.1, 0.15) is 31.4 Å². The van der Waals surface area contributed by atoms with Crippen molar-refractivity contribution in [2.45, 2.75) is 38.2 Å². The van der Waals surface area contributed by atoms with E-state index in [-0.39, 0.29) is 12.0 Å². The molecule has 0 heterocycles. The van der Waals surface area contributed by atoms with E-state index in [0.717, 1.165) is 36.6 Å². The van der Waals surface area contributed by atoms with Crippen molar-refractivity contribution >= 4 is 0 Å². The summed E-state index contributed by atoms with van der Waals surface area (Å²) in [6.45, 7) is 5.78. The van der Waals surface area contributed by atoms with Gasteiger partial charge >= 0.3 is 0 Å². The third-order valence-electron chi connectivity index (χ3n) is 6.75. The highest BCUT2D eigenvalue weighted by atomic mass is 16.5. The molecule has 0 aliphatic carbocycles. The Balaban J connectivity index is 2.16. The van der Waals surface area contributed by atoms with Gasteiger partial charge in [-0.15, -0.1) is 0 Å². The number of benzene rings is 2. The van der Waals surface area contributed by atoms with Crippen LogP contribution in [0.15, 0.2) is 36.4 Å². The van der Waals surface area contributed by atoms with Crippen molar-refractivity contribution in [3.05, 3.63) is 47.5 Å². The maximum absolute atomic E-state index is 10.5. The molecule has 0 N–H and O–H groups in total. The molecule has 0 spiro atoms. The molecule has 0 amide bonds. The highest BCUT2D eigenvalue weighted by Crippen LogP contribution is 2.41. The van der Waals surface area contributed by atoms with Crippen LogP contribution in [0, 0.1) is 17.2 Å². The maximum atomic E-state index is 10.5. The van der Waals surface area contributed by atoms with Crippen molar-refractivity contribution in [2.75, 3.05) is 55.7 Å². The van der Waals surface area contributed by atoms with Gasteiger partial charge in [0.2, 0.25) is 0 Å². The quantitative estimate of drug-likeness (QED) is 0.384. The fraction of sp³-hybridized carbons (Fsp3) is 0.536. The topological polar surface area (TPSA) is 73.2 Å². The van der Waals surface area contributed by atoms with Gasteiger partial charge in [0.25, 0.3) is 0 Å². The van der Waals surface area contributed by atoms with Crippen LogP contribution in [0.4, 0.5) is 0 Å². The molecule has 0 bridgehead atoms. The number of methoxy groups -OCH3 is 5. The number of likely N-dealkylation sites (N-methyl/N-ethyl adjacent to an activating group) is 1. The van der Waals surface area contributed by atoms with Gasteiger partial charge in [0.05, 0.1) is 40.6 Å². The van der Waals surface area contributed by atoms with Crippen LogP contribution in [0.2, 0.25) is 0 Å².